The Morgan fingerprint density at radius 3 is 2.58 bits per heavy atom. The summed E-state index contributed by atoms with van der Waals surface area (Å²) in [6, 6.07) is 0. The number of rotatable bonds is 4. The summed E-state index contributed by atoms with van der Waals surface area (Å²) < 4.78 is 0. The molecule has 3 nitrogen and oxygen atoms in total. The van der Waals surface area contributed by atoms with Gasteiger partial charge in [-0.25, -0.2) is 0 Å². The molecule has 3 heteroatoms. The first-order valence-electron chi connectivity index (χ1n) is 3.83. The molecule has 12 heavy (non-hydrogen) atoms. The van der Waals surface area contributed by atoms with Gasteiger partial charge in [-0.05, 0) is 19.9 Å². The van der Waals surface area contributed by atoms with Gasteiger partial charge in [0.05, 0.1) is 5.92 Å². The molecule has 1 unspecified atom stereocenters. The second-order valence-corrected chi connectivity index (χ2v) is 2.61. The Kier molecular flexibility index (Phi) is 4.84. The zero-order chi connectivity index (χ0) is 9.56. The number of carbonyl (C=O) groups is 1. The highest BCUT2D eigenvalue weighted by atomic mass is 16.4. The Balaban J connectivity index is 3.99. The summed E-state index contributed by atoms with van der Waals surface area (Å²) in [5.74, 6) is -1.23. The van der Waals surface area contributed by atoms with Crippen molar-refractivity contribution in [3.8, 4) is 0 Å². The number of aliphatic carboxylic acids is 1. The van der Waals surface area contributed by atoms with Gasteiger partial charge in [0, 0.05) is 12.7 Å². The molecule has 68 valence electrons. The zero-order valence-electron chi connectivity index (χ0n) is 7.66. The maximum Gasteiger partial charge on any atom is 0.310 e. The van der Waals surface area contributed by atoms with Crippen LogP contribution in [0.5, 0.6) is 0 Å². The molecular weight excluding hydrogens is 154 g/mol. The summed E-state index contributed by atoms with van der Waals surface area (Å²) in [4.78, 5) is 10.4. The van der Waals surface area contributed by atoms with E-state index in [0.717, 1.165) is 5.70 Å². The number of nitrogens with one attached hydrogen (secondary N) is 1. The lowest BCUT2D eigenvalue weighted by Gasteiger charge is -1.97. The predicted molar refractivity (Wildman–Crippen MR) is 48.8 cm³/mol. The summed E-state index contributed by atoms with van der Waals surface area (Å²) in [6.45, 7) is 3.55. The third-order valence-corrected chi connectivity index (χ3v) is 1.53. The normalized spacial score (nSPS) is 14.8. The third-order valence-electron chi connectivity index (χ3n) is 1.53. The van der Waals surface area contributed by atoms with Crippen LogP contribution in [0.1, 0.15) is 13.8 Å². The molecule has 0 aromatic carbocycles. The second-order valence-electron chi connectivity index (χ2n) is 2.61. The minimum absolute atomic E-state index is 0.425. The fraction of sp³-hybridized carbons (Fsp3) is 0.444. The van der Waals surface area contributed by atoms with Crippen molar-refractivity contribution < 1.29 is 9.90 Å². The first kappa shape index (κ1) is 10.8. The molecule has 0 heterocycles. The molecule has 0 bridgehead atoms. The fourth-order valence-electron chi connectivity index (χ4n) is 0.532. The molecule has 0 aliphatic rings. The standard InChI is InChI=1S/C9H15NO2/c1-7(9(11)12)5-4-6-8(2)10-3/h4-7,10H,1-3H3,(H,11,12)/b5-4+,8-6+. The van der Waals surface area contributed by atoms with E-state index in [2.05, 4.69) is 5.32 Å². The van der Waals surface area contributed by atoms with E-state index >= 15 is 0 Å². The molecule has 0 spiro atoms. The van der Waals surface area contributed by atoms with E-state index in [1.165, 1.54) is 0 Å². The SMILES string of the molecule is CN/C(C)=C/C=C/C(C)C(=O)O. The minimum atomic E-state index is -0.804. The molecule has 0 rings (SSSR count). The Morgan fingerprint density at radius 2 is 2.17 bits per heavy atom. The summed E-state index contributed by atoms with van der Waals surface area (Å²) >= 11 is 0. The van der Waals surface area contributed by atoms with Crippen molar-refractivity contribution in [1.82, 2.24) is 5.32 Å². The average molecular weight is 169 g/mol. The molecule has 0 fully saturated rings. The van der Waals surface area contributed by atoms with E-state index in [4.69, 9.17) is 5.11 Å². The van der Waals surface area contributed by atoms with Gasteiger partial charge in [0.2, 0.25) is 0 Å². The van der Waals surface area contributed by atoms with Crippen LogP contribution in [0.3, 0.4) is 0 Å². The topological polar surface area (TPSA) is 49.3 Å². The van der Waals surface area contributed by atoms with Crippen molar-refractivity contribution in [3.05, 3.63) is 23.9 Å². The van der Waals surface area contributed by atoms with Gasteiger partial charge in [-0.2, -0.15) is 0 Å². The van der Waals surface area contributed by atoms with E-state index in [-0.39, 0.29) is 0 Å². The predicted octanol–water partition coefficient (Wildman–Crippen LogP) is 1.39. The van der Waals surface area contributed by atoms with E-state index in [9.17, 15) is 4.79 Å². The molecule has 0 aliphatic carbocycles. The van der Waals surface area contributed by atoms with Crippen molar-refractivity contribution in [1.29, 1.82) is 0 Å². The van der Waals surface area contributed by atoms with Gasteiger partial charge in [0.1, 0.15) is 0 Å². The molecule has 1 atom stereocenters. The number of carboxylic acids is 1. The highest BCUT2D eigenvalue weighted by molar-refractivity contribution is 5.71. The molecule has 0 aliphatic heterocycles. The van der Waals surface area contributed by atoms with E-state index < -0.39 is 11.9 Å². The minimum Gasteiger partial charge on any atom is -0.481 e. The first-order chi connectivity index (χ1) is 5.57. The van der Waals surface area contributed by atoms with Gasteiger partial charge in [0.25, 0.3) is 0 Å². The number of hydrogen-bond donors (Lipinski definition) is 2. The lowest BCUT2D eigenvalue weighted by molar-refractivity contribution is -0.139. The fourth-order valence-corrected chi connectivity index (χ4v) is 0.532. The molecular formula is C9H15NO2. The summed E-state index contributed by atoms with van der Waals surface area (Å²) in [5, 5.41) is 11.4. The van der Waals surface area contributed by atoms with Gasteiger partial charge in [-0.15, -0.1) is 0 Å². The van der Waals surface area contributed by atoms with Gasteiger partial charge < -0.3 is 10.4 Å². The van der Waals surface area contributed by atoms with Gasteiger partial charge in [-0.3, -0.25) is 4.79 Å². The van der Waals surface area contributed by atoms with Gasteiger partial charge in [-0.1, -0.05) is 12.2 Å². The molecule has 0 amide bonds. The summed E-state index contributed by atoms with van der Waals surface area (Å²) in [7, 11) is 1.82. The average Bonchev–Trinajstić information content (AvgIpc) is 2.03. The van der Waals surface area contributed by atoms with Crippen molar-refractivity contribution in [2.75, 3.05) is 7.05 Å². The van der Waals surface area contributed by atoms with Gasteiger partial charge >= 0.3 is 5.97 Å². The van der Waals surface area contributed by atoms with Crippen LogP contribution < -0.4 is 5.32 Å². The summed E-state index contributed by atoms with van der Waals surface area (Å²) in [5.41, 5.74) is 1.00. The van der Waals surface area contributed by atoms with Crippen LogP contribution in [-0.4, -0.2) is 18.1 Å². The number of allylic oxidation sites excluding steroid dienone is 3. The van der Waals surface area contributed by atoms with Crippen LogP contribution in [0, 0.1) is 5.92 Å². The number of carboxylic acid groups (broad SMARTS) is 1. The highest BCUT2D eigenvalue weighted by Gasteiger charge is 2.03. The molecule has 2 N–H and O–H groups in total. The van der Waals surface area contributed by atoms with Crippen LogP contribution in [0.15, 0.2) is 23.9 Å². The Morgan fingerprint density at radius 1 is 1.58 bits per heavy atom. The lowest BCUT2D eigenvalue weighted by Crippen LogP contribution is -2.05. The van der Waals surface area contributed by atoms with Crippen molar-refractivity contribution in [2.45, 2.75) is 13.8 Å². The molecule has 0 aromatic rings. The Hall–Kier alpha value is -1.25. The molecule has 0 saturated heterocycles. The number of hydrogen-bond acceptors (Lipinski definition) is 2. The monoisotopic (exact) mass is 169 g/mol. The van der Waals surface area contributed by atoms with Crippen LogP contribution in [0.2, 0.25) is 0 Å². The quantitative estimate of drug-likeness (QED) is 0.625. The van der Waals surface area contributed by atoms with Gasteiger partial charge in [0.15, 0.2) is 0 Å². The lowest BCUT2D eigenvalue weighted by atomic mass is 10.1. The van der Waals surface area contributed by atoms with Crippen molar-refractivity contribution >= 4 is 5.97 Å². The van der Waals surface area contributed by atoms with Crippen LogP contribution in [0.25, 0.3) is 0 Å². The maximum absolute atomic E-state index is 10.4. The second kappa shape index (κ2) is 5.41. The molecule has 0 saturated carbocycles. The van der Waals surface area contributed by atoms with E-state index in [1.54, 1.807) is 19.1 Å². The van der Waals surface area contributed by atoms with Crippen molar-refractivity contribution in [3.63, 3.8) is 0 Å². The van der Waals surface area contributed by atoms with Crippen LogP contribution in [-0.2, 0) is 4.79 Å². The first-order valence-corrected chi connectivity index (χ1v) is 3.83. The maximum atomic E-state index is 10.4. The molecule has 0 aromatic heterocycles. The third kappa shape index (κ3) is 4.55. The Bertz CT molecular complexity index is 207. The van der Waals surface area contributed by atoms with E-state index in [0.29, 0.717) is 0 Å². The molecule has 0 radical (unpaired) electrons. The highest BCUT2D eigenvalue weighted by Crippen LogP contribution is 1.97. The van der Waals surface area contributed by atoms with E-state index in [1.807, 2.05) is 20.0 Å². The zero-order valence-corrected chi connectivity index (χ0v) is 7.66. The largest absolute Gasteiger partial charge is 0.481 e. The Labute approximate surface area is 72.8 Å². The van der Waals surface area contributed by atoms with Crippen LogP contribution in [0.4, 0.5) is 0 Å². The smallest absolute Gasteiger partial charge is 0.310 e. The van der Waals surface area contributed by atoms with Crippen LogP contribution >= 0.6 is 0 Å². The summed E-state index contributed by atoms with van der Waals surface area (Å²) in [6.07, 6.45) is 5.22. The van der Waals surface area contributed by atoms with Crippen molar-refractivity contribution in [2.24, 2.45) is 5.92 Å².